The number of fused-ring (bicyclic) bond motifs is 3. The molecule has 2 saturated heterocycles. The molecule has 0 unspecified atom stereocenters. The first kappa shape index (κ1) is 17.1. The quantitative estimate of drug-likeness (QED) is 0.845. The number of carbonyl (C=O) groups excluding carboxylic acids is 1. The van der Waals surface area contributed by atoms with E-state index in [2.05, 4.69) is 11.9 Å². The lowest BCUT2D eigenvalue weighted by Gasteiger charge is -2.29. The summed E-state index contributed by atoms with van der Waals surface area (Å²) in [7, 11) is 3.74. The maximum absolute atomic E-state index is 13.0. The summed E-state index contributed by atoms with van der Waals surface area (Å²) in [5.41, 5.74) is 0.922. The first-order chi connectivity index (χ1) is 12.6. The van der Waals surface area contributed by atoms with Crippen molar-refractivity contribution in [1.82, 2.24) is 9.80 Å². The molecule has 138 valence electrons. The maximum atomic E-state index is 13.0. The number of hydrogen-bond donors (Lipinski definition) is 0. The fourth-order valence-electron chi connectivity index (χ4n) is 3.74. The molecule has 2 bridgehead atoms. The normalized spacial score (nSPS) is 23.5. The van der Waals surface area contributed by atoms with Crippen molar-refractivity contribution < 1.29 is 18.7 Å². The van der Waals surface area contributed by atoms with Crippen LogP contribution in [0.15, 0.2) is 40.8 Å². The van der Waals surface area contributed by atoms with Crippen molar-refractivity contribution in [2.75, 3.05) is 47.0 Å². The predicted octanol–water partition coefficient (Wildman–Crippen LogP) is 2.36. The van der Waals surface area contributed by atoms with Crippen LogP contribution in [-0.2, 0) is 4.74 Å². The molecule has 6 nitrogen and oxygen atoms in total. The number of methoxy groups -OCH3 is 1. The van der Waals surface area contributed by atoms with E-state index in [9.17, 15) is 4.79 Å². The average Bonchev–Trinajstić information content (AvgIpc) is 3.00. The Bertz CT molecular complexity index is 770. The third-order valence-electron chi connectivity index (χ3n) is 5.22. The van der Waals surface area contributed by atoms with Gasteiger partial charge in [-0.3, -0.25) is 9.69 Å². The number of furan rings is 1. The molecule has 1 aromatic heterocycles. The van der Waals surface area contributed by atoms with Crippen molar-refractivity contribution in [2.45, 2.75) is 6.04 Å². The second-order valence-corrected chi connectivity index (χ2v) is 7.10. The summed E-state index contributed by atoms with van der Waals surface area (Å²) in [5.74, 6) is 2.16. The molecule has 0 N–H and O–H groups in total. The van der Waals surface area contributed by atoms with E-state index < -0.39 is 0 Å². The monoisotopic (exact) mass is 356 g/mol. The van der Waals surface area contributed by atoms with Crippen molar-refractivity contribution >= 4 is 5.91 Å². The number of benzene rings is 1. The molecule has 0 radical (unpaired) electrons. The summed E-state index contributed by atoms with van der Waals surface area (Å²) in [5, 5.41) is 0. The topological polar surface area (TPSA) is 55.1 Å². The van der Waals surface area contributed by atoms with Crippen LogP contribution >= 0.6 is 0 Å². The van der Waals surface area contributed by atoms with Crippen molar-refractivity contribution in [2.24, 2.45) is 5.92 Å². The second-order valence-electron chi connectivity index (χ2n) is 7.10. The van der Waals surface area contributed by atoms with Crippen molar-refractivity contribution in [3.8, 4) is 17.1 Å². The van der Waals surface area contributed by atoms with Gasteiger partial charge in [-0.1, -0.05) is 0 Å². The molecule has 0 spiro atoms. The molecule has 1 amide bonds. The van der Waals surface area contributed by atoms with Crippen LogP contribution in [0.3, 0.4) is 0 Å². The van der Waals surface area contributed by atoms with Gasteiger partial charge in [-0.05, 0) is 43.4 Å². The Morgan fingerprint density at radius 2 is 1.88 bits per heavy atom. The Morgan fingerprint density at radius 3 is 2.65 bits per heavy atom. The molecule has 2 fully saturated rings. The third kappa shape index (κ3) is 3.34. The number of amides is 1. The highest BCUT2D eigenvalue weighted by Crippen LogP contribution is 2.26. The fraction of sp³-hybridized carbons (Fsp3) is 0.450. The number of carbonyl (C=O) groups is 1. The smallest absolute Gasteiger partial charge is 0.289 e. The van der Waals surface area contributed by atoms with Crippen LogP contribution < -0.4 is 4.74 Å². The van der Waals surface area contributed by atoms with Gasteiger partial charge in [0, 0.05) is 31.1 Å². The average molecular weight is 356 g/mol. The summed E-state index contributed by atoms with van der Waals surface area (Å²) < 4.78 is 16.8. The molecule has 1 aromatic carbocycles. The molecule has 6 heteroatoms. The van der Waals surface area contributed by atoms with E-state index in [0.29, 0.717) is 43.7 Å². The van der Waals surface area contributed by atoms with Gasteiger partial charge in [-0.2, -0.15) is 0 Å². The van der Waals surface area contributed by atoms with Gasteiger partial charge in [-0.25, -0.2) is 0 Å². The van der Waals surface area contributed by atoms with Crippen LogP contribution in [0, 0.1) is 5.92 Å². The Hall–Kier alpha value is -2.31. The van der Waals surface area contributed by atoms with E-state index in [-0.39, 0.29) is 11.9 Å². The van der Waals surface area contributed by atoms with Crippen LogP contribution in [0.4, 0.5) is 0 Å². The van der Waals surface area contributed by atoms with Crippen LogP contribution in [0.5, 0.6) is 5.75 Å². The summed E-state index contributed by atoms with van der Waals surface area (Å²) in [6, 6.07) is 11.5. The van der Waals surface area contributed by atoms with Crippen LogP contribution in [0.1, 0.15) is 10.6 Å². The molecule has 26 heavy (non-hydrogen) atoms. The van der Waals surface area contributed by atoms with E-state index in [1.807, 2.05) is 35.2 Å². The summed E-state index contributed by atoms with van der Waals surface area (Å²) in [4.78, 5) is 17.2. The molecule has 4 rings (SSSR count). The largest absolute Gasteiger partial charge is 0.497 e. The van der Waals surface area contributed by atoms with Crippen LogP contribution in [-0.4, -0.2) is 68.8 Å². The zero-order valence-corrected chi connectivity index (χ0v) is 15.2. The van der Waals surface area contributed by atoms with Gasteiger partial charge in [0.15, 0.2) is 5.76 Å². The lowest BCUT2D eigenvalue weighted by atomic mass is 10.1. The van der Waals surface area contributed by atoms with Gasteiger partial charge in [0.1, 0.15) is 11.5 Å². The van der Waals surface area contributed by atoms with Gasteiger partial charge < -0.3 is 18.8 Å². The summed E-state index contributed by atoms with van der Waals surface area (Å²) >= 11 is 0. The highest BCUT2D eigenvalue weighted by Gasteiger charge is 2.34. The second kappa shape index (κ2) is 7.13. The molecule has 2 aliphatic heterocycles. The molecule has 0 aliphatic carbocycles. The fourth-order valence-corrected chi connectivity index (χ4v) is 3.74. The molecular weight excluding hydrogens is 332 g/mol. The van der Waals surface area contributed by atoms with Crippen molar-refractivity contribution in [3.63, 3.8) is 0 Å². The van der Waals surface area contributed by atoms with Gasteiger partial charge in [0.05, 0.1) is 26.4 Å². The molecule has 2 aromatic rings. The van der Waals surface area contributed by atoms with E-state index >= 15 is 0 Å². The Kier molecular flexibility index (Phi) is 4.70. The Morgan fingerprint density at radius 1 is 1.08 bits per heavy atom. The molecule has 0 saturated carbocycles. The molecule has 2 atom stereocenters. The minimum Gasteiger partial charge on any atom is -0.497 e. The number of hydrogen-bond acceptors (Lipinski definition) is 5. The van der Waals surface area contributed by atoms with Gasteiger partial charge in [0.2, 0.25) is 0 Å². The zero-order chi connectivity index (χ0) is 18.1. The molecular formula is C20H24N2O4. The summed E-state index contributed by atoms with van der Waals surface area (Å²) in [6.07, 6.45) is 0. The number of rotatable bonds is 3. The Labute approximate surface area is 153 Å². The number of nitrogens with zero attached hydrogens (tertiary/aromatic N) is 2. The first-order valence-corrected chi connectivity index (χ1v) is 8.95. The van der Waals surface area contributed by atoms with E-state index in [0.717, 1.165) is 17.9 Å². The van der Waals surface area contributed by atoms with Crippen LogP contribution in [0.2, 0.25) is 0 Å². The van der Waals surface area contributed by atoms with Crippen LogP contribution in [0.25, 0.3) is 11.3 Å². The molecule has 2 aliphatic rings. The number of likely N-dealkylation sites (N-methyl/N-ethyl adjacent to an activating group) is 1. The van der Waals surface area contributed by atoms with Gasteiger partial charge in [0.25, 0.3) is 5.91 Å². The highest BCUT2D eigenvalue weighted by atomic mass is 16.5. The van der Waals surface area contributed by atoms with Crippen molar-refractivity contribution in [3.05, 3.63) is 42.2 Å². The first-order valence-electron chi connectivity index (χ1n) is 8.95. The maximum Gasteiger partial charge on any atom is 0.289 e. The van der Waals surface area contributed by atoms with Gasteiger partial charge >= 0.3 is 0 Å². The minimum absolute atomic E-state index is 0.0445. The third-order valence-corrected chi connectivity index (χ3v) is 5.22. The Balaban J connectivity index is 1.52. The SMILES string of the molecule is COc1ccc(-c2ccc(C(=O)N3C[C@@H]4COC[C@H](C3)N(C)C4)o2)cc1. The predicted molar refractivity (Wildman–Crippen MR) is 97.3 cm³/mol. The lowest BCUT2D eigenvalue weighted by molar-refractivity contribution is 0.0415. The number of ether oxygens (including phenoxy) is 2. The van der Waals surface area contributed by atoms with E-state index in [1.165, 1.54) is 0 Å². The highest BCUT2D eigenvalue weighted by molar-refractivity contribution is 5.92. The standard InChI is InChI=1S/C20H24N2O4/c1-21-9-14-10-22(11-16(21)13-25-12-14)20(23)19-8-7-18(26-19)15-3-5-17(24-2)6-4-15/h3-8,14,16H,9-13H2,1-2H3/t14-,16+/m1/s1. The van der Waals surface area contributed by atoms with E-state index in [4.69, 9.17) is 13.9 Å². The summed E-state index contributed by atoms with van der Waals surface area (Å²) in [6.45, 7) is 3.72. The van der Waals surface area contributed by atoms with Gasteiger partial charge in [-0.15, -0.1) is 0 Å². The van der Waals surface area contributed by atoms with E-state index in [1.54, 1.807) is 13.2 Å². The molecule has 3 heterocycles. The van der Waals surface area contributed by atoms with Crippen molar-refractivity contribution in [1.29, 1.82) is 0 Å². The zero-order valence-electron chi connectivity index (χ0n) is 15.2. The minimum atomic E-state index is -0.0445. The lowest BCUT2D eigenvalue weighted by Crippen LogP contribution is -2.44.